The van der Waals surface area contributed by atoms with E-state index in [-0.39, 0.29) is 30.0 Å². The summed E-state index contributed by atoms with van der Waals surface area (Å²) in [7, 11) is 0. The van der Waals surface area contributed by atoms with E-state index in [1.807, 2.05) is 60.7 Å². The number of nitrogens with one attached hydrogen (secondary N) is 1. The van der Waals surface area contributed by atoms with Crippen molar-refractivity contribution in [2.45, 2.75) is 25.6 Å². The third-order valence-corrected chi connectivity index (χ3v) is 4.85. The first-order valence-electron chi connectivity index (χ1n) is 9.82. The molecule has 0 fully saturated rings. The van der Waals surface area contributed by atoms with Crippen molar-refractivity contribution in [2.75, 3.05) is 6.61 Å². The van der Waals surface area contributed by atoms with Crippen LogP contribution in [0.1, 0.15) is 29.2 Å². The molecular formula is C24H26IN3O2. The summed E-state index contributed by atoms with van der Waals surface area (Å²) in [6.07, 6.45) is 0.861. The summed E-state index contributed by atoms with van der Waals surface area (Å²) in [5.41, 5.74) is 9.47. The van der Waals surface area contributed by atoms with E-state index in [4.69, 9.17) is 15.2 Å². The van der Waals surface area contributed by atoms with Crippen LogP contribution in [0.15, 0.2) is 83.9 Å². The molecule has 0 saturated heterocycles. The number of rotatable bonds is 6. The van der Waals surface area contributed by atoms with Crippen LogP contribution in [0.5, 0.6) is 11.5 Å². The second-order valence-corrected chi connectivity index (χ2v) is 7.00. The van der Waals surface area contributed by atoms with E-state index in [2.05, 4.69) is 28.5 Å². The molecule has 3 N–H and O–H groups in total. The second kappa shape index (κ2) is 10.9. The first kappa shape index (κ1) is 22.0. The number of nitrogens with two attached hydrogens (primary N) is 1. The summed E-state index contributed by atoms with van der Waals surface area (Å²) in [6, 6.07) is 26.2. The number of aliphatic imine (C=N–C) groups is 1. The second-order valence-electron chi connectivity index (χ2n) is 7.00. The lowest BCUT2D eigenvalue weighted by molar-refractivity contribution is 0.262. The van der Waals surface area contributed by atoms with Crippen LogP contribution in [0.4, 0.5) is 0 Å². The maximum absolute atomic E-state index is 6.16. The lowest BCUT2D eigenvalue weighted by atomic mass is 10.0. The zero-order valence-corrected chi connectivity index (χ0v) is 19.0. The predicted octanol–water partition coefficient (Wildman–Crippen LogP) is 4.81. The summed E-state index contributed by atoms with van der Waals surface area (Å²) in [6.45, 7) is 1.71. The minimum atomic E-state index is 0. The lowest BCUT2D eigenvalue weighted by Crippen LogP contribution is -2.37. The Bertz CT molecular complexity index is 979. The van der Waals surface area contributed by atoms with Crippen molar-refractivity contribution < 1.29 is 9.47 Å². The van der Waals surface area contributed by atoms with Crippen LogP contribution in [-0.4, -0.2) is 12.6 Å². The summed E-state index contributed by atoms with van der Waals surface area (Å²) >= 11 is 0. The van der Waals surface area contributed by atoms with E-state index in [1.165, 1.54) is 0 Å². The minimum Gasteiger partial charge on any atom is -0.493 e. The molecular weight excluding hydrogens is 489 g/mol. The van der Waals surface area contributed by atoms with Crippen molar-refractivity contribution in [1.29, 1.82) is 0 Å². The number of para-hydroxylation sites is 2. The fourth-order valence-electron chi connectivity index (χ4n) is 3.39. The first-order chi connectivity index (χ1) is 14.3. The van der Waals surface area contributed by atoms with E-state index in [1.54, 1.807) is 0 Å². The molecule has 5 nitrogen and oxygen atoms in total. The molecule has 0 saturated carbocycles. The van der Waals surface area contributed by atoms with Crippen LogP contribution in [0, 0.1) is 0 Å². The number of benzene rings is 3. The molecule has 30 heavy (non-hydrogen) atoms. The van der Waals surface area contributed by atoms with Gasteiger partial charge in [-0.15, -0.1) is 24.0 Å². The zero-order chi connectivity index (χ0) is 19.9. The number of nitrogens with zero attached hydrogens (tertiary/aromatic N) is 1. The summed E-state index contributed by atoms with van der Waals surface area (Å²) in [4.78, 5) is 4.52. The molecule has 1 atom stereocenters. The van der Waals surface area contributed by atoms with Crippen LogP contribution >= 0.6 is 24.0 Å². The number of ether oxygens (including phenoxy) is 2. The number of hydrogen-bond acceptors (Lipinski definition) is 3. The van der Waals surface area contributed by atoms with Crippen molar-refractivity contribution in [2.24, 2.45) is 10.7 Å². The molecule has 1 heterocycles. The number of hydrogen-bond donors (Lipinski definition) is 2. The SMILES string of the molecule is I.NC(=NCc1cccc(COc2ccccc2)c1)NC1CCOc2ccccc21. The third-order valence-electron chi connectivity index (χ3n) is 4.85. The molecule has 0 aliphatic carbocycles. The van der Waals surface area contributed by atoms with Gasteiger partial charge in [-0.25, -0.2) is 4.99 Å². The van der Waals surface area contributed by atoms with Gasteiger partial charge >= 0.3 is 0 Å². The van der Waals surface area contributed by atoms with Gasteiger partial charge < -0.3 is 20.5 Å². The highest BCUT2D eigenvalue weighted by Crippen LogP contribution is 2.31. The highest BCUT2D eigenvalue weighted by molar-refractivity contribution is 14.0. The minimum absolute atomic E-state index is 0. The smallest absolute Gasteiger partial charge is 0.189 e. The fraction of sp³-hybridized carbons (Fsp3) is 0.208. The summed E-state index contributed by atoms with van der Waals surface area (Å²) in [5.74, 6) is 2.22. The average Bonchev–Trinajstić information content (AvgIpc) is 2.78. The fourth-order valence-corrected chi connectivity index (χ4v) is 3.39. The molecule has 1 unspecified atom stereocenters. The molecule has 156 valence electrons. The molecule has 1 aliphatic rings. The quantitative estimate of drug-likeness (QED) is 0.281. The van der Waals surface area contributed by atoms with Crippen molar-refractivity contribution in [3.8, 4) is 11.5 Å². The van der Waals surface area contributed by atoms with Crippen LogP contribution in [0.2, 0.25) is 0 Å². The number of guanidine groups is 1. The van der Waals surface area contributed by atoms with Gasteiger partial charge in [0.1, 0.15) is 18.1 Å². The monoisotopic (exact) mass is 515 g/mol. The van der Waals surface area contributed by atoms with Crippen molar-refractivity contribution in [3.05, 3.63) is 95.6 Å². The van der Waals surface area contributed by atoms with Gasteiger partial charge in [0.05, 0.1) is 19.2 Å². The number of fused-ring (bicyclic) bond motifs is 1. The Hall–Kier alpha value is -2.74. The normalized spacial score (nSPS) is 15.3. The van der Waals surface area contributed by atoms with Crippen molar-refractivity contribution in [1.82, 2.24) is 5.32 Å². The van der Waals surface area contributed by atoms with Gasteiger partial charge in [0.25, 0.3) is 0 Å². The molecule has 0 aromatic heterocycles. The Morgan fingerprint density at radius 3 is 2.63 bits per heavy atom. The van der Waals surface area contributed by atoms with Gasteiger partial charge in [0, 0.05) is 12.0 Å². The van der Waals surface area contributed by atoms with Gasteiger partial charge in [-0.05, 0) is 29.3 Å². The summed E-state index contributed by atoms with van der Waals surface area (Å²) in [5, 5.41) is 3.33. The Kier molecular flexibility index (Phi) is 7.96. The molecule has 6 heteroatoms. The highest BCUT2D eigenvalue weighted by Gasteiger charge is 2.21. The molecule has 1 aliphatic heterocycles. The van der Waals surface area contributed by atoms with E-state index in [9.17, 15) is 0 Å². The Morgan fingerprint density at radius 2 is 1.77 bits per heavy atom. The molecule has 0 radical (unpaired) electrons. The zero-order valence-electron chi connectivity index (χ0n) is 16.7. The maximum atomic E-state index is 6.16. The first-order valence-corrected chi connectivity index (χ1v) is 9.82. The van der Waals surface area contributed by atoms with E-state index < -0.39 is 0 Å². The molecule has 3 aromatic carbocycles. The molecule has 3 aromatic rings. The summed E-state index contributed by atoms with van der Waals surface area (Å²) < 4.78 is 11.5. The van der Waals surface area contributed by atoms with Crippen LogP contribution < -0.4 is 20.5 Å². The topological polar surface area (TPSA) is 68.9 Å². The van der Waals surface area contributed by atoms with Crippen LogP contribution in [0.25, 0.3) is 0 Å². The Balaban J connectivity index is 0.00000256. The lowest BCUT2D eigenvalue weighted by Gasteiger charge is -2.26. The van der Waals surface area contributed by atoms with Gasteiger partial charge in [-0.1, -0.05) is 60.7 Å². The van der Waals surface area contributed by atoms with E-state index in [0.717, 1.165) is 34.6 Å². The maximum Gasteiger partial charge on any atom is 0.189 e. The van der Waals surface area contributed by atoms with Gasteiger partial charge in [-0.3, -0.25) is 0 Å². The molecule has 0 bridgehead atoms. The van der Waals surface area contributed by atoms with Crippen molar-refractivity contribution >= 4 is 29.9 Å². The van der Waals surface area contributed by atoms with E-state index in [0.29, 0.717) is 25.7 Å². The molecule has 0 amide bonds. The van der Waals surface area contributed by atoms with Crippen molar-refractivity contribution in [3.63, 3.8) is 0 Å². The Labute approximate surface area is 194 Å². The predicted molar refractivity (Wildman–Crippen MR) is 130 cm³/mol. The Morgan fingerprint density at radius 1 is 1.00 bits per heavy atom. The van der Waals surface area contributed by atoms with Gasteiger partial charge in [0.2, 0.25) is 0 Å². The van der Waals surface area contributed by atoms with Gasteiger partial charge in [-0.2, -0.15) is 0 Å². The standard InChI is InChI=1S/C24H25N3O2.HI/c25-24(27-22-13-14-28-23-12-5-4-11-21(22)23)26-16-18-7-6-8-19(15-18)17-29-20-9-2-1-3-10-20;/h1-12,15,22H,13-14,16-17H2,(H3,25,26,27);1H. The largest absolute Gasteiger partial charge is 0.493 e. The van der Waals surface area contributed by atoms with Gasteiger partial charge in [0.15, 0.2) is 5.96 Å². The highest BCUT2D eigenvalue weighted by atomic mass is 127. The molecule has 4 rings (SSSR count). The van der Waals surface area contributed by atoms with Crippen LogP contribution in [-0.2, 0) is 13.2 Å². The average molecular weight is 515 g/mol. The van der Waals surface area contributed by atoms with Crippen LogP contribution in [0.3, 0.4) is 0 Å². The third kappa shape index (κ3) is 5.89. The van der Waals surface area contributed by atoms with E-state index >= 15 is 0 Å². The molecule has 0 spiro atoms. The number of halogens is 1.